The highest BCUT2D eigenvalue weighted by Crippen LogP contribution is 2.58. The number of aromatic carboxylic acids is 2. The van der Waals surface area contributed by atoms with Crippen LogP contribution in [0.5, 0.6) is 11.5 Å². The van der Waals surface area contributed by atoms with Gasteiger partial charge in [-0.25, -0.2) is 9.59 Å². The Kier molecular flexibility index (Phi) is 26.6. The van der Waals surface area contributed by atoms with E-state index in [2.05, 4.69) is 105 Å². The highest BCUT2D eigenvalue weighted by Gasteiger charge is 2.45. The average Bonchev–Trinajstić information content (AvgIpc) is 3.39. The first kappa shape index (κ1) is 57.7. The lowest BCUT2D eigenvalue weighted by Crippen LogP contribution is -3.00. The van der Waals surface area contributed by atoms with Gasteiger partial charge in [0.1, 0.15) is 41.0 Å². The fourth-order valence-corrected chi connectivity index (χ4v) is 11.7. The lowest BCUT2D eigenvalue weighted by atomic mass is 10.1. The molecule has 0 aromatic heterocycles. The van der Waals surface area contributed by atoms with E-state index in [9.17, 15) is 19.5 Å². The van der Waals surface area contributed by atoms with Gasteiger partial charge in [0.2, 0.25) is 0 Å². The first-order valence-electron chi connectivity index (χ1n) is 23.5. The van der Waals surface area contributed by atoms with E-state index in [4.69, 9.17) is 14.6 Å². The van der Waals surface area contributed by atoms with Crippen LogP contribution in [-0.4, -0.2) is 41.7 Å². The number of carbonyl (C=O) groups excluding carboxylic acids is 1. The quantitative estimate of drug-likeness (QED) is 0.0301. The molecular weight excluding hydrogens is 956 g/mol. The van der Waals surface area contributed by atoms with Crippen LogP contribution in [0.25, 0.3) is 12.2 Å². The Morgan fingerprint density at radius 3 is 1.14 bits per heavy atom. The summed E-state index contributed by atoms with van der Waals surface area (Å²) in [6.45, 7) is 5.93. The molecule has 7 rings (SSSR count). The van der Waals surface area contributed by atoms with Crippen molar-refractivity contribution in [2.24, 2.45) is 0 Å². The second kappa shape index (κ2) is 32.3. The topological polar surface area (TPSA) is 110 Å². The lowest BCUT2D eigenvalue weighted by Gasteiger charge is -2.27. The van der Waals surface area contributed by atoms with Crippen LogP contribution in [0, 0.1) is 0 Å². The van der Waals surface area contributed by atoms with Gasteiger partial charge in [-0.3, -0.25) is 4.79 Å². The highest BCUT2D eigenvalue weighted by atomic mass is 79.9. The molecule has 0 aliphatic carbocycles. The number of rotatable bonds is 22. The van der Waals surface area contributed by atoms with Crippen molar-refractivity contribution in [1.82, 2.24) is 0 Å². The number of ether oxygens (including phenoxy) is 2. The fraction of sp³-hybridized carbons (Fsp3) is 0.230. The smallest absolute Gasteiger partial charge is 0.335 e. The number of unbranched alkanes of at least 4 members (excludes halogenated alkanes) is 6. The van der Waals surface area contributed by atoms with E-state index in [1.165, 1.54) is 54.4 Å². The number of hydrogen-bond acceptors (Lipinski definition) is 5. The standard InChI is InChI=1S/C26H21O2P.C21H24O3.C13H18O2.CH4.BrH/c27-26(28)22-18-16-21(17-19-22)20-29(23-10-4-1-5-11-23,24-12-6-2-7-13-24)25-14-8-3-9-15-25;1-2-3-4-5-16-24-20-14-10-18(11-15-20)7-6-17-8-12-19(13-9-17)21(22)23;1-2-3-4-5-10-15-13-8-6-12(11-14)7-9-13;;/h1-19H,20H2;6-15H,2-5,16H2,1H3,(H,22,23);6-9,11H,2-5,10H2,1H3;1H4;1H/b;7-6-;;;. The zero-order chi connectivity index (χ0) is 48.2. The lowest BCUT2D eigenvalue weighted by molar-refractivity contribution is -0.0000507. The number of hydrogen-bond donors (Lipinski definition) is 2. The summed E-state index contributed by atoms with van der Waals surface area (Å²) in [7, 11) is -1.96. The van der Waals surface area contributed by atoms with Gasteiger partial charge in [-0.15, -0.1) is 0 Å². The monoisotopic (exact) mass is 1020 g/mol. The summed E-state index contributed by atoms with van der Waals surface area (Å²) < 4.78 is 11.3. The van der Waals surface area contributed by atoms with Crippen molar-refractivity contribution in [3.63, 3.8) is 0 Å². The summed E-state index contributed by atoms with van der Waals surface area (Å²) in [5.74, 6) is -0.0610. The van der Waals surface area contributed by atoms with E-state index < -0.39 is 19.2 Å². The number of carbonyl (C=O) groups is 3. The van der Waals surface area contributed by atoms with E-state index in [0.29, 0.717) is 16.7 Å². The second-order valence-corrected chi connectivity index (χ2v) is 19.8. The third-order valence-corrected chi connectivity index (χ3v) is 15.6. The highest BCUT2D eigenvalue weighted by molar-refractivity contribution is 7.95. The molecule has 0 amide bonds. The zero-order valence-electron chi connectivity index (χ0n) is 39.7. The van der Waals surface area contributed by atoms with E-state index >= 15 is 0 Å². The maximum atomic E-state index is 11.3. The maximum Gasteiger partial charge on any atom is 0.335 e. The third-order valence-electron chi connectivity index (χ3n) is 11.3. The Balaban J connectivity index is 0.000000287. The van der Waals surface area contributed by atoms with Crippen LogP contribution in [-0.2, 0) is 6.16 Å². The average molecular weight is 1020 g/mol. The molecule has 9 heteroatoms. The second-order valence-electron chi connectivity index (χ2n) is 16.3. The molecule has 0 aliphatic rings. The molecule has 0 radical (unpaired) electrons. The van der Waals surface area contributed by atoms with Gasteiger partial charge in [0.25, 0.3) is 0 Å². The minimum atomic E-state index is -1.96. The van der Waals surface area contributed by atoms with Crippen molar-refractivity contribution in [2.45, 2.75) is 78.8 Å². The molecule has 0 atom stereocenters. The number of aldehydes is 1. The van der Waals surface area contributed by atoms with Crippen molar-refractivity contribution in [3.8, 4) is 11.5 Å². The number of halogens is 1. The van der Waals surface area contributed by atoms with Crippen LogP contribution in [0.2, 0.25) is 0 Å². The van der Waals surface area contributed by atoms with Crippen LogP contribution in [0.3, 0.4) is 0 Å². The van der Waals surface area contributed by atoms with Gasteiger partial charge < -0.3 is 36.7 Å². The Bertz CT molecular complexity index is 2450. The molecule has 0 saturated heterocycles. The molecule has 7 nitrogen and oxygen atoms in total. The molecule has 0 aliphatic heterocycles. The number of benzene rings is 7. The SMILES string of the molecule is C.CCCCCCOc1ccc(/C=C\c2ccc(C(=O)O)cc2)cc1.CCCCCCOc1ccc(C=O)cc1.O=C(O)c1ccc(C[P+](c2ccccc2)(c2ccccc2)c2ccccc2)cc1.[Br-]. The molecule has 0 unspecified atom stereocenters. The van der Waals surface area contributed by atoms with E-state index in [0.717, 1.165) is 66.7 Å². The van der Waals surface area contributed by atoms with Crippen molar-refractivity contribution >= 4 is 53.6 Å². The number of carboxylic acid groups (broad SMARTS) is 2. The van der Waals surface area contributed by atoms with E-state index in [1.807, 2.05) is 60.7 Å². The predicted octanol–water partition coefficient (Wildman–Crippen LogP) is 11.5. The van der Waals surface area contributed by atoms with E-state index in [1.54, 1.807) is 48.5 Å². The molecule has 366 valence electrons. The van der Waals surface area contributed by atoms with Crippen molar-refractivity contribution in [1.29, 1.82) is 0 Å². The molecule has 0 heterocycles. The molecule has 0 fully saturated rings. The van der Waals surface area contributed by atoms with Crippen molar-refractivity contribution in [2.75, 3.05) is 13.2 Å². The minimum absolute atomic E-state index is 0. The van der Waals surface area contributed by atoms with Crippen molar-refractivity contribution in [3.05, 3.63) is 221 Å². The molecule has 7 aromatic carbocycles. The summed E-state index contributed by atoms with van der Waals surface area (Å²) in [5.41, 5.74) is 4.49. The molecule has 0 saturated carbocycles. The van der Waals surface area contributed by atoms with E-state index in [-0.39, 0.29) is 24.4 Å². The molecular formula is C61H68BrO7P. The predicted molar refractivity (Wildman–Crippen MR) is 289 cm³/mol. The Hall–Kier alpha value is -6.60. The van der Waals surface area contributed by atoms with Gasteiger partial charge in [-0.05, 0) is 127 Å². The summed E-state index contributed by atoms with van der Waals surface area (Å²) in [4.78, 5) is 32.5. The Labute approximate surface area is 427 Å². The van der Waals surface area contributed by atoms with Gasteiger partial charge in [-0.2, -0.15) is 0 Å². The molecule has 2 N–H and O–H groups in total. The van der Waals surface area contributed by atoms with Gasteiger partial charge >= 0.3 is 11.9 Å². The molecule has 7 aromatic rings. The largest absolute Gasteiger partial charge is 1.00 e. The van der Waals surface area contributed by atoms with Gasteiger partial charge in [0, 0.05) is 5.56 Å². The fourth-order valence-electron chi connectivity index (χ4n) is 7.48. The minimum Gasteiger partial charge on any atom is -1.00 e. The first-order chi connectivity index (χ1) is 33.2. The zero-order valence-corrected chi connectivity index (χ0v) is 42.1. The third kappa shape index (κ3) is 18.7. The van der Waals surface area contributed by atoms with Crippen LogP contribution in [0.15, 0.2) is 188 Å². The van der Waals surface area contributed by atoms with Gasteiger partial charge in [0.05, 0.1) is 30.5 Å². The Morgan fingerprint density at radius 2 is 0.800 bits per heavy atom. The van der Waals surface area contributed by atoms with Crippen LogP contribution in [0.1, 0.15) is 120 Å². The summed E-state index contributed by atoms with van der Waals surface area (Å²) in [5, 5.41) is 22.1. The number of carboxylic acids is 2. The molecule has 0 spiro atoms. The first-order valence-corrected chi connectivity index (χ1v) is 25.5. The van der Waals surface area contributed by atoms with Gasteiger partial charge in [0.15, 0.2) is 0 Å². The Morgan fingerprint density at radius 1 is 0.457 bits per heavy atom. The summed E-state index contributed by atoms with van der Waals surface area (Å²) in [6.07, 6.45) is 15.3. The van der Waals surface area contributed by atoms with Gasteiger partial charge in [-0.1, -0.05) is 163 Å². The van der Waals surface area contributed by atoms with Crippen LogP contribution >= 0.6 is 7.26 Å². The van der Waals surface area contributed by atoms with Crippen LogP contribution in [0.4, 0.5) is 0 Å². The molecule has 70 heavy (non-hydrogen) atoms. The molecule has 0 bridgehead atoms. The van der Waals surface area contributed by atoms with Crippen LogP contribution < -0.4 is 42.4 Å². The normalized spacial score (nSPS) is 10.5. The van der Waals surface area contributed by atoms with Crippen molar-refractivity contribution < 1.29 is 51.1 Å². The maximum absolute atomic E-state index is 11.3. The summed E-state index contributed by atoms with van der Waals surface area (Å²) in [6, 6.07) is 61.4. The summed E-state index contributed by atoms with van der Waals surface area (Å²) >= 11 is 0.